The topological polar surface area (TPSA) is 72.2 Å². The van der Waals surface area contributed by atoms with Crippen molar-refractivity contribution in [3.63, 3.8) is 0 Å². The summed E-state index contributed by atoms with van der Waals surface area (Å²) < 4.78 is 41.3. The Kier molecular flexibility index (Phi) is 8.01. The third-order valence-corrected chi connectivity index (χ3v) is 6.58. The summed E-state index contributed by atoms with van der Waals surface area (Å²) in [6.07, 6.45) is -3.54. The average Bonchev–Trinajstić information content (AvgIpc) is 3.31. The van der Waals surface area contributed by atoms with E-state index in [4.69, 9.17) is 0 Å². The minimum atomic E-state index is -4.52. The van der Waals surface area contributed by atoms with Crippen molar-refractivity contribution in [1.29, 1.82) is 0 Å². The van der Waals surface area contributed by atoms with Crippen molar-refractivity contribution in [2.75, 3.05) is 5.75 Å². The van der Waals surface area contributed by atoms with Crippen LogP contribution in [-0.2, 0) is 16.4 Å². The van der Waals surface area contributed by atoms with Gasteiger partial charge in [-0.25, -0.2) is 5.43 Å². The molecule has 1 aromatic heterocycles. The van der Waals surface area contributed by atoms with Crippen LogP contribution in [0.15, 0.2) is 89.1 Å². The molecule has 0 radical (unpaired) electrons. The molecule has 196 valence electrons. The molecule has 3 aromatic carbocycles. The van der Waals surface area contributed by atoms with Gasteiger partial charge < -0.3 is 0 Å². The zero-order valence-electron chi connectivity index (χ0n) is 21.0. The van der Waals surface area contributed by atoms with E-state index in [0.29, 0.717) is 11.0 Å². The molecule has 10 heteroatoms. The number of para-hydroxylation sites is 1. The quantitative estimate of drug-likeness (QED) is 0.166. The van der Waals surface area contributed by atoms with Crippen LogP contribution in [0.1, 0.15) is 37.5 Å². The fourth-order valence-corrected chi connectivity index (χ4v) is 4.43. The minimum absolute atomic E-state index is 0.0112. The molecule has 4 rings (SSSR count). The maximum Gasteiger partial charge on any atom is 0.417 e. The third kappa shape index (κ3) is 6.49. The number of hydrogen-bond donors (Lipinski definition) is 1. The number of carbonyl (C=O) groups is 1. The highest BCUT2D eigenvalue weighted by atomic mass is 32.2. The first kappa shape index (κ1) is 27.1. The van der Waals surface area contributed by atoms with E-state index in [2.05, 4.69) is 53.6 Å². The normalized spacial score (nSPS) is 12.2. The number of aromatic nitrogens is 3. The summed E-state index contributed by atoms with van der Waals surface area (Å²) in [6.45, 7) is 6.44. The Labute approximate surface area is 223 Å². The molecule has 0 aliphatic rings. The van der Waals surface area contributed by atoms with Crippen molar-refractivity contribution in [3.8, 4) is 17.1 Å². The fraction of sp³-hybridized carbons (Fsp3) is 0.214. The predicted molar refractivity (Wildman–Crippen MR) is 143 cm³/mol. The number of halogens is 3. The number of thioether (sulfide) groups is 1. The number of hydrazone groups is 1. The van der Waals surface area contributed by atoms with Gasteiger partial charge in [0.15, 0.2) is 11.0 Å². The van der Waals surface area contributed by atoms with E-state index in [-0.39, 0.29) is 16.7 Å². The van der Waals surface area contributed by atoms with E-state index in [0.717, 1.165) is 35.3 Å². The van der Waals surface area contributed by atoms with Gasteiger partial charge in [0, 0.05) is 16.8 Å². The SMILES string of the molecule is CC(C)(C)c1ccc(-c2nnc(SCC(=O)NN=Cc3ccccc3C(F)(F)F)n2-c2ccccc2)cc1. The first-order valence-corrected chi connectivity index (χ1v) is 12.8. The second-order valence-corrected chi connectivity index (χ2v) is 10.4. The van der Waals surface area contributed by atoms with E-state index in [1.807, 2.05) is 47.0 Å². The van der Waals surface area contributed by atoms with Crippen molar-refractivity contribution in [2.45, 2.75) is 37.5 Å². The molecule has 4 aromatic rings. The second kappa shape index (κ2) is 11.2. The van der Waals surface area contributed by atoms with Crippen molar-refractivity contribution in [2.24, 2.45) is 5.10 Å². The van der Waals surface area contributed by atoms with Gasteiger partial charge in [0.2, 0.25) is 0 Å². The molecule has 0 unspecified atom stereocenters. The first-order chi connectivity index (χ1) is 18.0. The standard InChI is InChI=1S/C28H26F3N5OS/c1-27(2,3)21-15-13-19(14-16-21)25-34-35-26(36(25)22-10-5-4-6-11-22)38-18-24(37)33-32-17-20-9-7-8-12-23(20)28(29,30)31/h4-17H,18H2,1-3H3,(H,33,37). The van der Waals surface area contributed by atoms with Crippen LogP contribution in [0.2, 0.25) is 0 Å². The minimum Gasteiger partial charge on any atom is -0.272 e. The maximum absolute atomic E-state index is 13.1. The number of nitrogens with zero attached hydrogens (tertiary/aromatic N) is 4. The molecule has 0 spiro atoms. The molecule has 6 nitrogen and oxygen atoms in total. The Morgan fingerprint density at radius 2 is 1.61 bits per heavy atom. The molecule has 0 bridgehead atoms. The summed E-state index contributed by atoms with van der Waals surface area (Å²) >= 11 is 1.15. The molecule has 0 aliphatic carbocycles. The lowest BCUT2D eigenvalue weighted by atomic mass is 9.87. The highest BCUT2D eigenvalue weighted by molar-refractivity contribution is 7.99. The number of benzene rings is 3. The van der Waals surface area contributed by atoms with Crippen LogP contribution < -0.4 is 5.43 Å². The van der Waals surface area contributed by atoms with Crippen LogP contribution in [0.3, 0.4) is 0 Å². The summed E-state index contributed by atoms with van der Waals surface area (Å²) in [7, 11) is 0. The zero-order valence-corrected chi connectivity index (χ0v) is 21.8. The summed E-state index contributed by atoms with van der Waals surface area (Å²) in [5.74, 6) is 0.0717. The molecular formula is C28H26F3N5OS. The summed E-state index contributed by atoms with van der Waals surface area (Å²) in [4.78, 5) is 12.4. The molecule has 1 N–H and O–H groups in total. The van der Waals surface area contributed by atoms with E-state index < -0.39 is 17.6 Å². The van der Waals surface area contributed by atoms with Crippen molar-refractivity contribution in [3.05, 3.63) is 95.6 Å². The summed E-state index contributed by atoms with van der Waals surface area (Å²) in [6, 6.07) is 22.7. The van der Waals surface area contributed by atoms with Gasteiger partial charge >= 0.3 is 6.18 Å². The van der Waals surface area contributed by atoms with Gasteiger partial charge in [-0.3, -0.25) is 9.36 Å². The van der Waals surface area contributed by atoms with Gasteiger partial charge in [-0.2, -0.15) is 18.3 Å². The highest BCUT2D eigenvalue weighted by Gasteiger charge is 2.32. The van der Waals surface area contributed by atoms with Crippen molar-refractivity contribution in [1.82, 2.24) is 20.2 Å². The lowest BCUT2D eigenvalue weighted by Gasteiger charge is -2.19. The molecule has 0 saturated heterocycles. The Morgan fingerprint density at radius 3 is 2.26 bits per heavy atom. The molecule has 38 heavy (non-hydrogen) atoms. The van der Waals surface area contributed by atoms with E-state index in [1.165, 1.54) is 23.8 Å². The molecule has 0 aliphatic heterocycles. The van der Waals surface area contributed by atoms with Gasteiger partial charge in [-0.15, -0.1) is 10.2 Å². The number of alkyl halides is 3. The van der Waals surface area contributed by atoms with E-state index in [9.17, 15) is 18.0 Å². The van der Waals surface area contributed by atoms with Crippen molar-refractivity contribution < 1.29 is 18.0 Å². The Morgan fingerprint density at radius 1 is 0.947 bits per heavy atom. The lowest BCUT2D eigenvalue weighted by Crippen LogP contribution is -2.20. The summed E-state index contributed by atoms with van der Waals surface area (Å²) in [5.41, 5.74) is 4.22. The van der Waals surface area contributed by atoms with Crippen LogP contribution in [0, 0.1) is 0 Å². The Hall–Kier alpha value is -3.92. The van der Waals surface area contributed by atoms with Crippen LogP contribution in [0.4, 0.5) is 13.2 Å². The van der Waals surface area contributed by atoms with Gasteiger partial charge in [0.1, 0.15) is 0 Å². The second-order valence-electron chi connectivity index (χ2n) is 9.47. The average molecular weight is 538 g/mol. The number of carbonyl (C=O) groups excluding carboxylic acids is 1. The zero-order chi connectivity index (χ0) is 27.3. The van der Waals surface area contributed by atoms with Gasteiger partial charge in [-0.05, 0) is 29.2 Å². The smallest absolute Gasteiger partial charge is 0.272 e. The Balaban J connectivity index is 1.51. The molecule has 0 atom stereocenters. The molecular weight excluding hydrogens is 511 g/mol. The lowest BCUT2D eigenvalue weighted by molar-refractivity contribution is -0.137. The molecule has 0 fully saturated rings. The fourth-order valence-electron chi connectivity index (χ4n) is 3.68. The maximum atomic E-state index is 13.1. The van der Waals surface area contributed by atoms with E-state index >= 15 is 0 Å². The van der Waals surface area contributed by atoms with Gasteiger partial charge in [-0.1, -0.05) is 93.2 Å². The van der Waals surface area contributed by atoms with E-state index in [1.54, 1.807) is 0 Å². The number of hydrogen-bond acceptors (Lipinski definition) is 5. The van der Waals surface area contributed by atoms with Gasteiger partial charge in [0.25, 0.3) is 5.91 Å². The van der Waals surface area contributed by atoms with Crippen LogP contribution in [0.25, 0.3) is 17.1 Å². The summed E-state index contributed by atoms with van der Waals surface area (Å²) in [5, 5.41) is 12.9. The van der Waals surface area contributed by atoms with Crippen LogP contribution in [-0.4, -0.2) is 32.6 Å². The van der Waals surface area contributed by atoms with Crippen LogP contribution >= 0.6 is 11.8 Å². The van der Waals surface area contributed by atoms with Crippen molar-refractivity contribution >= 4 is 23.9 Å². The number of amides is 1. The predicted octanol–water partition coefficient (Wildman–Crippen LogP) is 6.49. The highest BCUT2D eigenvalue weighted by Crippen LogP contribution is 2.32. The monoisotopic (exact) mass is 537 g/mol. The first-order valence-electron chi connectivity index (χ1n) is 11.8. The number of nitrogens with one attached hydrogen (secondary N) is 1. The Bertz CT molecular complexity index is 1430. The largest absolute Gasteiger partial charge is 0.417 e. The third-order valence-electron chi connectivity index (χ3n) is 5.65. The molecule has 1 heterocycles. The van der Waals surface area contributed by atoms with Gasteiger partial charge in [0.05, 0.1) is 17.5 Å². The molecule has 0 saturated carbocycles. The number of rotatable bonds is 7. The molecule has 1 amide bonds. The van der Waals surface area contributed by atoms with Crippen LogP contribution in [0.5, 0.6) is 0 Å².